The molecule has 166 valence electrons. The Morgan fingerprint density at radius 3 is 2.53 bits per heavy atom. The molecule has 2 heterocycles. The normalized spacial score (nSPS) is 16.4. The SMILES string of the molecule is O=C(NC1CCCNC1=O)c1cc(=O)[nH]c2ccc(S(=O)(=O)Nc3ccc(F)cc3)cc12. The number of carbonyl (C=O) groups excluding carboxylic acids is 2. The van der Waals surface area contributed by atoms with Gasteiger partial charge in [-0.3, -0.25) is 19.1 Å². The van der Waals surface area contributed by atoms with Crippen molar-refractivity contribution in [3.8, 4) is 0 Å². The quantitative estimate of drug-likeness (QED) is 0.459. The van der Waals surface area contributed by atoms with Crippen molar-refractivity contribution in [2.24, 2.45) is 0 Å². The molecule has 32 heavy (non-hydrogen) atoms. The number of H-pyrrole nitrogens is 1. The maximum atomic E-state index is 13.1. The van der Waals surface area contributed by atoms with Crippen molar-refractivity contribution in [3.05, 3.63) is 70.3 Å². The first-order chi connectivity index (χ1) is 15.2. The molecule has 1 atom stereocenters. The number of sulfonamides is 1. The first-order valence-corrected chi connectivity index (χ1v) is 11.3. The first-order valence-electron chi connectivity index (χ1n) is 9.77. The van der Waals surface area contributed by atoms with Crippen molar-refractivity contribution in [2.75, 3.05) is 11.3 Å². The van der Waals surface area contributed by atoms with E-state index >= 15 is 0 Å². The van der Waals surface area contributed by atoms with E-state index in [2.05, 4.69) is 20.3 Å². The Morgan fingerprint density at radius 2 is 1.81 bits per heavy atom. The average Bonchev–Trinajstić information content (AvgIpc) is 2.76. The Labute approximate surface area is 182 Å². The van der Waals surface area contributed by atoms with Gasteiger partial charge in [-0.25, -0.2) is 12.8 Å². The van der Waals surface area contributed by atoms with E-state index in [0.29, 0.717) is 19.4 Å². The minimum atomic E-state index is -4.07. The summed E-state index contributed by atoms with van der Waals surface area (Å²) < 4.78 is 41.0. The first kappa shape index (κ1) is 21.5. The fraction of sp³-hybridized carbons (Fsp3) is 0.190. The van der Waals surface area contributed by atoms with Crippen LogP contribution in [0.15, 0.2) is 58.2 Å². The molecule has 0 aliphatic carbocycles. The molecule has 0 radical (unpaired) electrons. The van der Waals surface area contributed by atoms with E-state index in [4.69, 9.17) is 0 Å². The number of benzene rings is 2. The van der Waals surface area contributed by atoms with E-state index in [9.17, 15) is 27.2 Å². The number of piperidine rings is 1. The third-order valence-electron chi connectivity index (χ3n) is 5.06. The summed E-state index contributed by atoms with van der Waals surface area (Å²) in [6, 6.07) is 9.02. The summed E-state index contributed by atoms with van der Waals surface area (Å²) in [5, 5.41) is 5.46. The minimum Gasteiger partial charge on any atom is -0.354 e. The smallest absolute Gasteiger partial charge is 0.261 e. The zero-order valence-corrected chi connectivity index (χ0v) is 17.5. The van der Waals surface area contributed by atoms with Gasteiger partial charge in [0.2, 0.25) is 11.5 Å². The number of carbonyl (C=O) groups is 2. The molecular formula is C21H19FN4O5S. The van der Waals surface area contributed by atoms with Crippen LogP contribution in [0.3, 0.4) is 0 Å². The van der Waals surface area contributed by atoms with Gasteiger partial charge in [0.15, 0.2) is 0 Å². The lowest BCUT2D eigenvalue weighted by atomic mass is 10.0. The number of aromatic amines is 1. The fourth-order valence-electron chi connectivity index (χ4n) is 3.47. The topological polar surface area (TPSA) is 137 Å². The minimum absolute atomic E-state index is 0.0547. The maximum absolute atomic E-state index is 13.1. The molecule has 1 unspecified atom stereocenters. The van der Waals surface area contributed by atoms with E-state index in [1.807, 2.05) is 0 Å². The van der Waals surface area contributed by atoms with Crippen molar-refractivity contribution < 1.29 is 22.4 Å². The third-order valence-corrected chi connectivity index (χ3v) is 6.44. The van der Waals surface area contributed by atoms with Gasteiger partial charge in [0, 0.05) is 29.2 Å². The molecule has 2 amide bonds. The number of aromatic nitrogens is 1. The average molecular weight is 458 g/mol. The van der Waals surface area contributed by atoms with Crippen LogP contribution in [0.1, 0.15) is 23.2 Å². The summed E-state index contributed by atoms with van der Waals surface area (Å²) in [6.07, 6.45) is 1.16. The van der Waals surface area contributed by atoms with Crippen LogP contribution >= 0.6 is 0 Å². The lowest BCUT2D eigenvalue weighted by Crippen LogP contribution is -2.50. The molecule has 3 aromatic rings. The van der Waals surface area contributed by atoms with Crippen molar-refractivity contribution in [1.29, 1.82) is 0 Å². The summed E-state index contributed by atoms with van der Waals surface area (Å²) in [5.74, 6) is -1.49. The van der Waals surface area contributed by atoms with E-state index in [1.54, 1.807) is 0 Å². The highest BCUT2D eigenvalue weighted by Gasteiger charge is 2.25. The predicted molar refractivity (Wildman–Crippen MR) is 115 cm³/mol. The Bertz CT molecular complexity index is 1370. The molecule has 4 rings (SSSR count). The van der Waals surface area contributed by atoms with Gasteiger partial charge in [0.1, 0.15) is 11.9 Å². The van der Waals surface area contributed by atoms with Gasteiger partial charge in [-0.15, -0.1) is 0 Å². The van der Waals surface area contributed by atoms with Crippen molar-refractivity contribution in [1.82, 2.24) is 15.6 Å². The molecule has 1 aliphatic heterocycles. The molecule has 11 heteroatoms. The summed E-state index contributed by atoms with van der Waals surface area (Å²) in [7, 11) is -4.07. The second kappa shape index (κ2) is 8.42. The molecule has 0 saturated carbocycles. The summed E-state index contributed by atoms with van der Waals surface area (Å²) in [6.45, 7) is 0.529. The number of anilines is 1. The highest BCUT2D eigenvalue weighted by atomic mass is 32.2. The molecule has 1 saturated heterocycles. The van der Waals surface area contributed by atoms with Gasteiger partial charge < -0.3 is 15.6 Å². The van der Waals surface area contributed by atoms with E-state index < -0.39 is 33.3 Å². The lowest BCUT2D eigenvalue weighted by Gasteiger charge is -2.23. The summed E-state index contributed by atoms with van der Waals surface area (Å²) in [5.41, 5.74) is -0.178. The number of nitrogens with one attached hydrogen (secondary N) is 4. The van der Waals surface area contributed by atoms with Crippen molar-refractivity contribution in [3.63, 3.8) is 0 Å². The predicted octanol–water partition coefficient (Wildman–Crippen LogP) is 1.48. The van der Waals surface area contributed by atoms with Crippen molar-refractivity contribution >= 4 is 38.4 Å². The highest BCUT2D eigenvalue weighted by molar-refractivity contribution is 7.92. The summed E-state index contributed by atoms with van der Waals surface area (Å²) >= 11 is 0. The maximum Gasteiger partial charge on any atom is 0.261 e. The monoisotopic (exact) mass is 458 g/mol. The number of pyridine rings is 1. The van der Waals surface area contributed by atoms with Crippen LogP contribution in [-0.2, 0) is 14.8 Å². The van der Waals surface area contributed by atoms with E-state index in [1.165, 1.54) is 30.3 Å². The molecule has 4 N–H and O–H groups in total. The van der Waals surface area contributed by atoms with Crippen LogP contribution < -0.4 is 20.9 Å². The highest BCUT2D eigenvalue weighted by Crippen LogP contribution is 2.23. The van der Waals surface area contributed by atoms with Gasteiger partial charge in [0.05, 0.1) is 10.5 Å². The Morgan fingerprint density at radius 1 is 1.06 bits per heavy atom. The standard InChI is InChI=1S/C21H19FN4O5S/c22-12-3-5-13(6-4-12)26-32(30,31)14-7-8-17-15(10-14)16(11-19(27)24-17)20(28)25-18-2-1-9-23-21(18)29/h3-8,10-11,18,26H,1-2,9H2,(H,23,29)(H,24,27)(H,25,28). The number of amides is 2. The van der Waals surface area contributed by atoms with Gasteiger partial charge in [-0.05, 0) is 55.3 Å². The Balaban J connectivity index is 1.70. The van der Waals surface area contributed by atoms with Gasteiger partial charge >= 0.3 is 0 Å². The Kier molecular flexibility index (Phi) is 5.66. The Hall–Kier alpha value is -3.73. The van der Waals surface area contributed by atoms with Crippen LogP contribution in [0.4, 0.5) is 10.1 Å². The van der Waals surface area contributed by atoms with Gasteiger partial charge in [0.25, 0.3) is 15.9 Å². The largest absolute Gasteiger partial charge is 0.354 e. The van der Waals surface area contributed by atoms with Gasteiger partial charge in [-0.2, -0.15) is 0 Å². The molecule has 0 bridgehead atoms. The zero-order valence-electron chi connectivity index (χ0n) is 16.6. The zero-order chi connectivity index (χ0) is 22.9. The molecule has 1 aliphatic rings. The van der Waals surface area contributed by atoms with Crippen LogP contribution in [0.25, 0.3) is 10.9 Å². The van der Waals surface area contributed by atoms with Crippen LogP contribution in [-0.4, -0.2) is 37.8 Å². The molecule has 1 aromatic heterocycles. The van der Waals surface area contributed by atoms with Crippen molar-refractivity contribution in [2.45, 2.75) is 23.8 Å². The second-order valence-corrected chi connectivity index (χ2v) is 9.01. The number of hydrogen-bond donors (Lipinski definition) is 4. The molecule has 2 aromatic carbocycles. The third kappa shape index (κ3) is 4.47. The fourth-order valence-corrected chi connectivity index (χ4v) is 4.55. The summed E-state index contributed by atoms with van der Waals surface area (Å²) in [4.78, 5) is 39.3. The van der Waals surface area contributed by atoms with Crippen LogP contribution in [0.5, 0.6) is 0 Å². The molecule has 9 nitrogen and oxygen atoms in total. The van der Waals surface area contributed by atoms with E-state index in [0.717, 1.165) is 18.2 Å². The number of fused-ring (bicyclic) bond motifs is 1. The number of hydrogen-bond acceptors (Lipinski definition) is 5. The number of halogens is 1. The van der Waals surface area contributed by atoms with E-state index in [-0.39, 0.29) is 33.0 Å². The number of rotatable bonds is 5. The lowest BCUT2D eigenvalue weighted by molar-refractivity contribution is -0.124. The van der Waals surface area contributed by atoms with Gasteiger partial charge in [-0.1, -0.05) is 0 Å². The van der Waals surface area contributed by atoms with Crippen LogP contribution in [0, 0.1) is 5.82 Å². The molecule has 1 fully saturated rings. The molecular weight excluding hydrogens is 439 g/mol. The second-order valence-electron chi connectivity index (χ2n) is 7.33. The van der Waals surface area contributed by atoms with Crippen LogP contribution in [0.2, 0.25) is 0 Å². The molecule has 0 spiro atoms.